The maximum absolute atomic E-state index is 10.2. The van der Waals surface area contributed by atoms with Gasteiger partial charge in [0.1, 0.15) is 6.29 Å². The number of aromatic nitrogens is 2. The van der Waals surface area contributed by atoms with Crippen molar-refractivity contribution in [3.05, 3.63) is 17.0 Å². The summed E-state index contributed by atoms with van der Waals surface area (Å²) in [7, 11) is 0. The van der Waals surface area contributed by atoms with Crippen LogP contribution in [-0.2, 0) is 24.1 Å². The molecule has 1 heterocycles. The van der Waals surface area contributed by atoms with E-state index in [1.165, 1.54) is 17.7 Å². The number of hydrogen-bond acceptors (Lipinski definition) is 2. The molecule has 1 N–H and O–H groups in total. The van der Waals surface area contributed by atoms with E-state index in [1.807, 2.05) is 0 Å². The van der Waals surface area contributed by atoms with E-state index in [0.717, 1.165) is 24.8 Å². The van der Waals surface area contributed by atoms with E-state index in [0.29, 0.717) is 6.42 Å². The van der Waals surface area contributed by atoms with Gasteiger partial charge in [-0.3, -0.25) is 5.10 Å². The Labute approximate surface area is 64.8 Å². The summed E-state index contributed by atoms with van der Waals surface area (Å²) in [5.41, 5.74) is 3.48. The molecule has 3 heteroatoms. The Hall–Kier alpha value is -1.12. The predicted molar refractivity (Wildman–Crippen MR) is 40.4 cm³/mol. The summed E-state index contributed by atoms with van der Waals surface area (Å²) in [5.74, 6) is 0. The Kier molecular flexibility index (Phi) is 1.49. The number of carbonyl (C=O) groups excluding carboxylic acids is 1. The van der Waals surface area contributed by atoms with Crippen molar-refractivity contribution < 1.29 is 4.79 Å². The standard InChI is InChI=1S/C8H10N2O/c11-5-4-8-6-2-1-3-7(6)9-10-8/h5H,1-4H2,(H,9,10). The van der Waals surface area contributed by atoms with Gasteiger partial charge < -0.3 is 4.79 Å². The van der Waals surface area contributed by atoms with Crippen LogP contribution < -0.4 is 0 Å². The van der Waals surface area contributed by atoms with E-state index < -0.39 is 0 Å². The van der Waals surface area contributed by atoms with E-state index in [1.54, 1.807) is 0 Å². The van der Waals surface area contributed by atoms with Crippen molar-refractivity contribution in [3.63, 3.8) is 0 Å². The van der Waals surface area contributed by atoms with E-state index in [-0.39, 0.29) is 0 Å². The van der Waals surface area contributed by atoms with Gasteiger partial charge in [0.15, 0.2) is 0 Å². The van der Waals surface area contributed by atoms with Crippen LogP contribution in [0.5, 0.6) is 0 Å². The van der Waals surface area contributed by atoms with Crippen LogP contribution in [0.4, 0.5) is 0 Å². The van der Waals surface area contributed by atoms with Gasteiger partial charge in [0.2, 0.25) is 0 Å². The molecule has 11 heavy (non-hydrogen) atoms. The van der Waals surface area contributed by atoms with Gasteiger partial charge in [0.05, 0.1) is 5.69 Å². The highest BCUT2D eigenvalue weighted by Gasteiger charge is 2.17. The highest BCUT2D eigenvalue weighted by molar-refractivity contribution is 5.55. The highest BCUT2D eigenvalue weighted by Crippen LogP contribution is 2.22. The van der Waals surface area contributed by atoms with Gasteiger partial charge in [-0.15, -0.1) is 0 Å². The summed E-state index contributed by atoms with van der Waals surface area (Å²) in [4.78, 5) is 10.2. The Morgan fingerprint density at radius 1 is 1.55 bits per heavy atom. The SMILES string of the molecule is O=CCc1n[nH]c2c1CCC2. The summed E-state index contributed by atoms with van der Waals surface area (Å²) >= 11 is 0. The number of aryl methyl sites for hydroxylation is 1. The summed E-state index contributed by atoms with van der Waals surface area (Å²) in [6.45, 7) is 0. The first-order valence-corrected chi connectivity index (χ1v) is 3.90. The number of nitrogens with one attached hydrogen (secondary N) is 1. The maximum Gasteiger partial charge on any atom is 0.126 e. The van der Waals surface area contributed by atoms with Crippen LogP contribution in [0.3, 0.4) is 0 Å². The predicted octanol–water partition coefficient (Wildman–Crippen LogP) is 0.640. The summed E-state index contributed by atoms with van der Waals surface area (Å²) in [6.07, 6.45) is 4.77. The minimum absolute atomic E-state index is 0.464. The Morgan fingerprint density at radius 3 is 3.27 bits per heavy atom. The number of nitrogens with zero attached hydrogens (tertiary/aromatic N) is 1. The van der Waals surface area contributed by atoms with Crippen LogP contribution >= 0.6 is 0 Å². The van der Waals surface area contributed by atoms with Gasteiger partial charge in [-0.2, -0.15) is 5.10 Å². The summed E-state index contributed by atoms with van der Waals surface area (Å²) < 4.78 is 0. The van der Waals surface area contributed by atoms with Crippen LogP contribution in [0.15, 0.2) is 0 Å². The van der Waals surface area contributed by atoms with Gasteiger partial charge in [0, 0.05) is 12.1 Å². The lowest BCUT2D eigenvalue weighted by Gasteiger charge is -1.89. The topological polar surface area (TPSA) is 45.8 Å². The number of rotatable bonds is 2. The first-order valence-electron chi connectivity index (χ1n) is 3.90. The van der Waals surface area contributed by atoms with Crippen molar-refractivity contribution in [1.82, 2.24) is 10.2 Å². The normalized spacial score (nSPS) is 14.9. The zero-order valence-electron chi connectivity index (χ0n) is 6.26. The molecule has 0 spiro atoms. The van der Waals surface area contributed by atoms with E-state index in [4.69, 9.17) is 0 Å². The average molecular weight is 150 g/mol. The molecule has 1 aromatic heterocycles. The maximum atomic E-state index is 10.2. The molecule has 0 amide bonds. The van der Waals surface area contributed by atoms with Gasteiger partial charge >= 0.3 is 0 Å². The number of fused-ring (bicyclic) bond motifs is 1. The molecule has 1 aromatic rings. The second kappa shape index (κ2) is 2.49. The molecule has 3 nitrogen and oxygen atoms in total. The molecular formula is C8H10N2O. The van der Waals surface area contributed by atoms with Crippen molar-refractivity contribution in [3.8, 4) is 0 Å². The zero-order valence-corrected chi connectivity index (χ0v) is 6.26. The van der Waals surface area contributed by atoms with Crippen LogP contribution in [0.1, 0.15) is 23.4 Å². The first kappa shape index (κ1) is 6.58. The smallest absolute Gasteiger partial charge is 0.126 e. The molecule has 2 rings (SSSR count). The lowest BCUT2D eigenvalue weighted by Crippen LogP contribution is -1.90. The van der Waals surface area contributed by atoms with Gasteiger partial charge in [-0.25, -0.2) is 0 Å². The number of aldehydes is 1. The highest BCUT2D eigenvalue weighted by atomic mass is 16.1. The lowest BCUT2D eigenvalue weighted by atomic mass is 10.2. The number of hydrogen-bond donors (Lipinski definition) is 1. The Balaban J connectivity index is 2.34. The van der Waals surface area contributed by atoms with Gasteiger partial charge in [0.25, 0.3) is 0 Å². The number of carbonyl (C=O) groups is 1. The molecule has 58 valence electrons. The van der Waals surface area contributed by atoms with E-state index in [2.05, 4.69) is 10.2 Å². The quantitative estimate of drug-likeness (QED) is 0.629. The largest absolute Gasteiger partial charge is 0.303 e. The van der Waals surface area contributed by atoms with Crippen molar-refractivity contribution in [2.75, 3.05) is 0 Å². The van der Waals surface area contributed by atoms with E-state index >= 15 is 0 Å². The molecule has 0 atom stereocenters. The molecule has 0 aromatic carbocycles. The molecule has 0 saturated heterocycles. The summed E-state index contributed by atoms with van der Waals surface area (Å²) in [6, 6.07) is 0. The second-order valence-corrected chi connectivity index (χ2v) is 2.85. The minimum atomic E-state index is 0.464. The third-order valence-corrected chi connectivity index (χ3v) is 2.17. The van der Waals surface area contributed by atoms with Gasteiger partial charge in [-0.1, -0.05) is 0 Å². The van der Waals surface area contributed by atoms with Crippen LogP contribution in [0.2, 0.25) is 0 Å². The first-order chi connectivity index (χ1) is 5.42. The minimum Gasteiger partial charge on any atom is -0.303 e. The fourth-order valence-corrected chi connectivity index (χ4v) is 1.64. The molecule has 0 aliphatic heterocycles. The van der Waals surface area contributed by atoms with Crippen LogP contribution in [-0.4, -0.2) is 16.5 Å². The lowest BCUT2D eigenvalue weighted by molar-refractivity contribution is -0.107. The molecule has 0 radical (unpaired) electrons. The molecule has 1 aliphatic rings. The fraction of sp³-hybridized carbons (Fsp3) is 0.500. The number of H-pyrrole nitrogens is 1. The number of aromatic amines is 1. The molecule has 0 unspecified atom stereocenters. The molecular weight excluding hydrogens is 140 g/mol. The molecule has 1 aliphatic carbocycles. The monoisotopic (exact) mass is 150 g/mol. The van der Waals surface area contributed by atoms with Crippen molar-refractivity contribution in [2.45, 2.75) is 25.7 Å². The third-order valence-electron chi connectivity index (χ3n) is 2.17. The van der Waals surface area contributed by atoms with Crippen LogP contribution in [0.25, 0.3) is 0 Å². The van der Waals surface area contributed by atoms with Crippen molar-refractivity contribution in [1.29, 1.82) is 0 Å². The average Bonchev–Trinajstić information content (AvgIpc) is 2.53. The second-order valence-electron chi connectivity index (χ2n) is 2.85. The van der Waals surface area contributed by atoms with Crippen molar-refractivity contribution >= 4 is 6.29 Å². The zero-order chi connectivity index (χ0) is 7.68. The molecule has 0 fully saturated rings. The summed E-state index contributed by atoms with van der Waals surface area (Å²) in [5, 5.41) is 7.03. The fourth-order valence-electron chi connectivity index (χ4n) is 1.64. The Morgan fingerprint density at radius 2 is 2.45 bits per heavy atom. The molecule has 0 saturated carbocycles. The van der Waals surface area contributed by atoms with Crippen LogP contribution in [0, 0.1) is 0 Å². The molecule has 0 bridgehead atoms. The van der Waals surface area contributed by atoms with Gasteiger partial charge in [-0.05, 0) is 24.8 Å². The van der Waals surface area contributed by atoms with Crippen molar-refractivity contribution in [2.24, 2.45) is 0 Å². The third kappa shape index (κ3) is 0.964. The van der Waals surface area contributed by atoms with E-state index in [9.17, 15) is 4.79 Å². The Bertz CT molecular complexity index is 278.